The van der Waals surface area contributed by atoms with Crippen LogP contribution in [0.25, 0.3) is 22.2 Å². The average molecular weight is 264 g/mol. The number of fused-ring (bicyclic) bond motifs is 1. The number of hydrazine groups is 1. The number of benzene rings is 1. The Balaban J connectivity index is 2.28. The quantitative estimate of drug-likeness (QED) is 0.421. The lowest BCUT2D eigenvalue weighted by molar-refractivity contribution is 0.0955. The second-order valence-electron chi connectivity index (χ2n) is 4.28. The largest absolute Gasteiger partial charge is 0.290 e. The number of carbonyl (C=O) groups excluding carboxylic acids is 1. The van der Waals surface area contributed by atoms with Crippen molar-refractivity contribution in [2.45, 2.75) is 0 Å². The first-order valence-corrected chi connectivity index (χ1v) is 6.11. The van der Waals surface area contributed by atoms with Gasteiger partial charge >= 0.3 is 0 Å². The van der Waals surface area contributed by atoms with Gasteiger partial charge in [0, 0.05) is 23.3 Å². The van der Waals surface area contributed by atoms with Crippen LogP contribution in [0.2, 0.25) is 0 Å². The van der Waals surface area contributed by atoms with Crippen LogP contribution in [0.1, 0.15) is 10.4 Å². The number of nitrogen functional groups attached to an aromatic ring is 1. The first-order valence-electron chi connectivity index (χ1n) is 6.11. The number of pyridine rings is 2. The van der Waals surface area contributed by atoms with E-state index in [9.17, 15) is 4.79 Å². The minimum absolute atomic E-state index is 0.334. The van der Waals surface area contributed by atoms with Gasteiger partial charge in [-0.3, -0.25) is 15.2 Å². The summed E-state index contributed by atoms with van der Waals surface area (Å²) in [7, 11) is 0. The molecule has 3 aromatic rings. The molecule has 0 saturated heterocycles. The van der Waals surface area contributed by atoms with Crippen molar-refractivity contribution in [1.82, 2.24) is 15.4 Å². The summed E-state index contributed by atoms with van der Waals surface area (Å²) in [5, 5.41) is 0.772. The molecule has 1 aromatic carbocycles. The third-order valence-corrected chi connectivity index (χ3v) is 3.07. The summed E-state index contributed by atoms with van der Waals surface area (Å²) < 4.78 is 0. The van der Waals surface area contributed by atoms with Crippen LogP contribution in [0.3, 0.4) is 0 Å². The van der Waals surface area contributed by atoms with Crippen LogP contribution in [0, 0.1) is 0 Å². The van der Waals surface area contributed by atoms with Crippen molar-refractivity contribution in [2.75, 3.05) is 0 Å². The van der Waals surface area contributed by atoms with Gasteiger partial charge in [0.1, 0.15) is 0 Å². The van der Waals surface area contributed by atoms with Gasteiger partial charge in [0.2, 0.25) is 0 Å². The van der Waals surface area contributed by atoms with Crippen LogP contribution < -0.4 is 11.3 Å². The summed E-state index contributed by atoms with van der Waals surface area (Å²) in [6, 6.07) is 12.9. The van der Waals surface area contributed by atoms with Crippen molar-refractivity contribution in [3.8, 4) is 11.3 Å². The summed E-state index contributed by atoms with van der Waals surface area (Å²) in [6.45, 7) is 0. The molecule has 0 aliphatic carbocycles. The predicted molar refractivity (Wildman–Crippen MR) is 76.6 cm³/mol. The highest BCUT2D eigenvalue weighted by molar-refractivity contribution is 6.06. The van der Waals surface area contributed by atoms with Gasteiger partial charge in [-0.25, -0.2) is 10.8 Å². The van der Waals surface area contributed by atoms with E-state index in [1.54, 1.807) is 18.5 Å². The Hall–Kier alpha value is -2.79. The van der Waals surface area contributed by atoms with Gasteiger partial charge in [-0.05, 0) is 24.3 Å². The molecule has 1 amide bonds. The molecule has 2 aromatic heterocycles. The van der Waals surface area contributed by atoms with E-state index >= 15 is 0 Å². The molecule has 2 heterocycles. The van der Waals surface area contributed by atoms with E-state index in [1.807, 2.05) is 36.4 Å². The molecule has 0 radical (unpaired) electrons. The van der Waals surface area contributed by atoms with E-state index in [-0.39, 0.29) is 5.91 Å². The molecular weight excluding hydrogens is 252 g/mol. The van der Waals surface area contributed by atoms with Gasteiger partial charge in [0.05, 0.1) is 16.8 Å². The fraction of sp³-hybridized carbons (Fsp3) is 0. The maximum absolute atomic E-state index is 11.9. The highest BCUT2D eigenvalue weighted by atomic mass is 16.2. The highest BCUT2D eigenvalue weighted by Crippen LogP contribution is 2.24. The van der Waals surface area contributed by atoms with Crippen molar-refractivity contribution in [3.63, 3.8) is 0 Å². The van der Waals surface area contributed by atoms with Crippen LogP contribution in [0.5, 0.6) is 0 Å². The van der Waals surface area contributed by atoms with Gasteiger partial charge in [0.15, 0.2) is 0 Å². The fourth-order valence-corrected chi connectivity index (χ4v) is 2.11. The van der Waals surface area contributed by atoms with Gasteiger partial charge < -0.3 is 0 Å². The number of nitrogens with one attached hydrogen (secondary N) is 1. The fourth-order valence-electron chi connectivity index (χ4n) is 2.11. The van der Waals surface area contributed by atoms with Crippen molar-refractivity contribution >= 4 is 16.8 Å². The minimum atomic E-state index is -0.334. The number of nitrogens with zero attached hydrogens (tertiary/aromatic N) is 2. The van der Waals surface area contributed by atoms with E-state index in [1.165, 1.54) is 0 Å². The van der Waals surface area contributed by atoms with E-state index in [2.05, 4.69) is 15.4 Å². The maximum Gasteiger partial charge on any atom is 0.265 e. The van der Waals surface area contributed by atoms with E-state index in [0.29, 0.717) is 11.3 Å². The lowest BCUT2D eigenvalue weighted by Gasteiger charge is -2.08. The third-order valence-electron chi connectivity index (χ3n) is 3.07. The van der Waals surface area contributed by atoms with Crippen molar-refractivity contribution in [1.29, 1.82) is 0 Å². The number of aromatic nitrogens is 2. The van der Waals surface area contributed by atoms with E-state index < -0.39 is 0 Å². The number of nitrogens with two attached hydrogens (primary N) is 1. The van der Waals surface area contributed by atoms with Gasteiger partial charge in [-0.15, -0.1) is 0 Å². The minimum Gasteiger partial charge on any atom is -0.290 e. The first-order chi connectivity index (χ1) is 9.79. The zero-order valence-electron chi connectivity index (χ0n) is 10.6. The molecule has 0 atom stereocenters. The molecule has 0 aliphatic heterocycles. The Morgan fingerprint density at radius 1 is 1.10 bits per heavy atom. The SMILES string of the molecule is NNC(=O)c1cc(-c2ccncc2)nc2ccccc12. The summed E-state index contributed by atoms with van der Waals surface area (Å²) in [4.78, 5) is 20.5. The smallest absolute Gasteiger partial charge is 0.265 e. The maximum atomic E-state index is 11.9. The lowest BCUT2D eigenvalue weighted by atomic mass is 10.0. The summed E-state index contributed by atoms with van der Waals surface area (Å²) in [5.41, 5.74) is 5.04. The molecular formula is C15H12N4O. The van der Waals surface area contributed by atoms with Gasteiger partial charge in [0.25, 0.3) is 5.91 Å². The molecule has 0 bridgehead atoms. The molecule has 5 nitrogen and oxygen atoms in total. The highest BCUT2D eigenvalue weighted by Gasteiger charge is 2.12. The standard InChI is InChI=1S/C15H12N4O/c16-19-15(20)12-9-14(10-5-7-17-8-6-10)18-13-4-2-1-3-11(12)13/h1-9H,16H2,(H,19,20). The van der Waals surface area contributed by atoms with Crippen LogP contribution >= 0.6 is 0 Å². The Bertz CT molecular complexity index is 771. The first kappa shape index (κ1) is 12.3. The predicted octanol–water partition coefficient (Wildman–Crippen LogP) is 1.90. The Morgan fingerprint density at radius 2 is 1.85 bits per heavy atom. The van der Waals surface area contributed by atoms with Crippen molar-refractivity contribution < 1.29 is 4.79 Å². The topological polar surface area (TPSA) is 80.9 Å². The normalized spacial score (nSPS) is 10.4. The molecule has 0 aliphatic rings. The average Bonchev–Trinajstić information content (AvgIpc) is 2.54. The molecule has 0 fully saturated rings. The number of para-hydroxylation sites is 1. The summed E-state index contributed by atoms with van der Waals surface area (Å²) in [6.07, 6.45) is 3.38. The van der Waals surface area contributed by atoms with Crippen LogP contribution in [-0.2, 0) is 0 Å². The van der Waals surface area contributed by atoms with Gasteiger partial charge in [-0.1, -0.05) is 18.2 Å². The molecule has 5 heteroatoms. The lowest BCUT2D eigenvalue weighted by Crippen LogP contribution is -2.30. The molecule has 0 unspecified atom stereocenters. The number of carbonyl (C=O) groups is 1. The number of amides is 1. The van der Waals surface area contributed by atoms with E-state index in [4.69, 9.17) is 5.84 Å². The Kier molecular flexibility index (Phi) is 3.10. The second-order valence-corrected chi connectivity index (χ2v) is 4.28. The van der Waals surface area contributed by atoms with Crippen molar-refractivity contribution in [2.24, 2.45) is 5.84 Å². The second kappa shape index (κ2) is 5.07. The summed E-state index contributed by atoms with van der Waals surface area (Å²) in [5.74, 6) is 4.92. The number of rotatable bonds is 2. The molecule has 20 heavy (non-hydrogen) atoms. The monoisotopic (exact) mass is 264 g/mol. The molecule has 0 saturated carbocycles. The van der Waals surface area contributed by atoms with E-state index in [0.717, 1.165) is 16.5 Å². The molecule has 3 N–H and O–H groups in total. The molecule has 0 spiro atoms. The molecule has 98 valence electrons. The zero-order valence-corrected chi connectivity index (χ0v) is 10.6. The third kappa shape index (κ3) is 2.10. The number of hydrogen-bond donors (Lipinski definition) is 2. The van der Waals surface area contributed by atoms with Crippen molar-refractivity contribution in [3.05, 3.63) is 60.4 Å². The van der Waals surface area contributed by atoms with Crippen LogP contribution in [0.4, 0.5) is 0 Å². The Labute approximate surface area is 115 Å². The van der Waals surface area contributed by atoms with Crippen LogP contribution in [0.15, 0.2) is 54.9 Å². The van der Waals surface area contributed by atoms with Crippen LogP contribution in [-0.4, -0.2) is 15.9 Å². The van der Waals surface area contributed by atoms with Gasteiger partial charge in [-0.2, -0.15) is 0 Å². The summed E-state index contributed by atoms with van der Waals surface area (Å²) >= 11 is 0. The number of hydrogen-bond acceptors (Lipinski definition) is 4. The zero-order chi connectivity index (χ0) is 13.9. The Morgan fingerprint density at radius 3 is 2.60 bits per heavy atom. The molecule has 3 rings (SSSR count).